The van der Waals surface area contributed by atoms with E-state index in [9.17, 15) is 0 Å². The second-order valence-electron chi connectivity index (χ2n) is 5.21. The van der Waals surface area contributed by atoms with Crippen LogP contribution >= 0.6 is 0 Å². The van der Waals surface area contributed by atoms with Gasteiger partial charge in [0.2, 0.25) is 0 Å². The van der Waals surface area contributed by atoms with E-state index in [0.717, 1.165) is 12.5 Å². The fourth-order valence-corrected chi connectivity index (χ4v) is 3.20. The van der Waals surface area contributed by atoms with Crippen molar-refractivity contribution >= 4 is 0 Å². The van der Waals surface area contributed by atoms with Gasteiger partial charge in [-0.1, -0.05) is 6.08 Å². The minimum Gasteiger partial charge on any atom is -0.298 e. The predicted octanol–water partition coefficient (Wildman–Crippen LogP) is 2.12. The fourth-order valence-electron chi connectivity index (χ4n) is 3.20. The standard InChI is InChI=1S/C13H24N2/c1-4-6-11(2)15-10-13-7-5-8-14(13)9-12(15)3/h4,11-13H,1,5-10H2,2-3H3. The van der Waals surface area contributed by atoms with Crippen LogP contribution in [0.2, 0.25) is 0 Å². The highest BCUT2D eigenvalue weighted by molar-refractivity contribution is 4.93. The van der Waals surface area contributed by atoms with Crippen LogP contribution in [0.3, 0.4) is 0 Å². The number of nitrogens with zero attached hydrogens (tertiary/aromatic N) is 2. The van der Waals surface area contributed by atoms with Crippen molar-refractivity contribution in [2.24, 2.45) is 0 Å². The molecule has 0 aliphatic carbocycles. The summed E-state index contributed by atoms with van der Waals surface area (Å²) in [7, 11) is 0. The Morgan fingerprint density at radius 3 is 3.00 bits per heavy atom. The molecular formula is C13H24N2. The summed E-state index contributed by atoms with van der Waals surface area (Å²) in [4.78, 5) is 5.36. The summed E-state index contributed by atoms with van der Waals surface area (Å²) in [5.41, 5.74) is 0. The minimum atomic E-state index is 0.667. The zero-order chi connectivity index (χ0) is 10.8. The topological polar surface area (TPSA) is 6.48 Å². The van der Waals surface area contributed by atoms with E-state index in [0.29, 0.717) is 12.1 Å². The molecule has 2 heteroatoms. The number of fused-ring (bicyclic) bond motifs is 1. The highest BCUT2D eigenvalue weighted by Gasteiger charge is 2.35. The van der Waals surface area contributed by atoms with Gasteiger partial charge in [0, 0.05) is 31.2 Å². The molecule has 2 saturated heterocycles. The third-order valence-electron chi connectivity index (χ3n) is 4.06. The fraction of sp³-hybridized carbons (Fsp3) is 0.846. The highest BCUT2D eigenvalue weighted by Crippen LogP contribution is 2.26. The second kappa shape index (κ2) is 4.67. The van der Waals surface area contributed by atoms with Gasteiger partial charge in [-0.2, -0.15) is 0 Å². The summed E-state index contributed by atoms with van der Waals surface area (Å²) in [5.74, 6) is 0. The van der Waals surface area contributed by atoms with Crippen molar-refractivity contribution in [3.8, 4) is 0 Å². The molecule has 0 bridgehead atoms. The van der Waals surface area contributed by atoms with Crippen LogP contribution in [0.1, 0.15) is 33.1 Å². The normalized spacial score (nSPS) is 35.1. The van der Waals surface area contributed by atoms with E-state index in [2.05, 4.69) is 36.3 Å². The van der Waals surface area contributed by atoms with E-state index in [4.69, 9.17) is 0 Å². The third-order valence-corrected chi connectivity index (χ3v) is 4.06. The molecule has 2 heterocycles. The molecule has 2 fully saturated rings. The average molecular weight is 208 g/mol. The molecule has 0 spiro atoms. The van der Waals surface area contributed by atoms with Gasteiger partial charge in [-0.3, -0.25) is 9.80 Å². The van der Waals surface area contributed by atoms with Gasteiger partial charge in [-0.05, 0) is 39.7 Å². The molecule has 3 unspecified atom stereocenters. The number of rotatable bonds is 3. The molecule has 0 aromatic rings. The summed E-state index contributed by atoms with van der Waals surface area (Å²) in [5, 5.41) is 0. The van der Waals surface area contributed by atoms with Crippen LogP contribution in [0.25, 0.3) is 0 Å². The Morgan fingerprint density at radius 1 is 1.47 bits per heavy atom. The molecule has 0 N–H and O–H groups in total. The van der Waals surface area contributed by atoms with Crippen molar-refractivity contribution in [3.05, 3.63) is 12.7 Å². The van der Waals surface area contributed by atoms with Gasteiger partial charge in [-0.25, -0.2) is 0 Å². The minimum absolute atomic E-state index is 0.667. The first-order valence-electron chi connectivity index (χ1n) is 6.33. The lowest BCUT2D eigenvalue weighted by atomic mass is 10.0. The highest BCUT2D eigenvalue weighted by atomic mass is 15.3. The molecule has 0 radical (unpaired) electrons. The van der Waals surface area contributed by atoms with Crippen LogP contribution in [-0.2, 0) is 0 Å². The van der Waals surface area contributed by atoms with Crippen LogP contribution in [0.4, 0.5) is 0 Å². The van der Waals surface area contributed by atoms with Gasteiger partial charge in [-0.15, -0.1) is 6.58 Å². The number of hydrogen-bond acceptors (Lipinski definition) is 2. The molecule has 0 amide bonds. The third kappa shape index (κ3) is 2.26. The van der Waals surface area contributed by atoms with Crippen LogP contribution < -0.4 is 0 Å². The SMILES string of the molecule is C=CCC(C)N1CC2CCCN2CC1C. The summed E-state index contributed by atoms with van der Waals surface area (Å²) in [6.07, 6.45) is 5.99. The molecule has 15 heavy (non-hydrogen) atoms. The Labute approximate surface area is 93.9 Å². The summed E-state index contributed by atoms with van der Waals surface area (Å²) >= 11 is 0. The van der Waals surface area contributed by atoms with Crippen LogP contribution in [0.5, 0.6) is 0 Å². The maximum atomic E-state index is 3.85. The van der Waals surface area contributed by atoms with Crippen molar-refractivity contribution < 1.29 is 0 Å². The lowest BCUT2D eigenvalue weighted by Gasteiger charge is -2.45. The van der Waals surface area contributed by atoms with E-state index < -0.39 is 0 Å². The summed E-state index contributed by atoms with van der Waals surface area (Å²) in [6, 6.07) is 2.23. The maximum absolute atomic E-state index is 3.85. The Hall–Kier alpha value is -0.340. The Kier molecular flexibility index (Phi) is 3.47. The van der Waals surface area contributed by atoms with E-state index in [-0.39, 0.29) is 0 Å². The van der Waals surface area contributed by atoms with E-state index in [1.165, 1.54) is 32.5 Å². The van der Waals surface area contributed by atoms with Crippen molar-refractivity contribution in [1.82, 2.24) is 9.80 Å². The Bertz CT molecular complexity index is 227. The lowest BCUT2D eigenvalue weighted by Crippen LogP contribution is -2.57. The largest absolute Gasteiger partial charge is 0.298 e. The average Bonchev–Trinajstić information content (AvgIpc) is 2.63. The van der Waals surface area contributed by atoms with E-state index in [1.807, 2.05) is 0 Å². The summed E-state index contributed by atoms with van der Waals surface area (Å²) in [6.45, 7) is 12.4. The zero-order valence-corrected chi connectivity index (χ0v) is 10.2. The zero-order valence-electron chi connectivity index (χ0n) is 10.2. The van der Waals surface area contributed by atoms with E-state index >= 15 is 0 Å². The van der Waals surface area contributed by atoms with Crippen molar-refractivity contribution in [2.45, 2.75) is 51.2 Å². The quantitative estimate of drug-likeness (QED) is 0.656. The molecule has 2 aliphatic rings. The van der Waals surface area contributed by atoms with Gasteiger partial charge in [0.25, 0.3) is 0 Å². The first-order chi connectivity index (χ1) is 7.22. The van der Waals surface area contributed by atoms with Crippen LogP contribution in [0, 0.1) is 0 Å². The monoisotopic (exact) mass is 208 g/mol. The van der Waals surface area contributed by atoms with Crippen molar-refractivity contribution in [2.75, 3.05) is 19.6 Å². The molecule has 2 nitrogen and oxygen atoms in total. The first kappa shape index (κ1) is 11.2. The van der Waals surface area contributed by atoms with Gasteiger partial charge in [0.05, 0.1) is 0 Å². The number of piperazine rings is 1. The molecule has 2 rings (SSSR count). The summed E-state index contributed by atoms with van der Waals surface area (Å²) < 4.78 is 0. The Morgan fingerprint density at radius 2 is 2.27 bits per heavy atom. The van der Waals surface area contributed by atoms with Crippen molar-refractivity contribution in [3.63, 3.8) is 0 Å². The van der Waals surface area contributed by atoms with Crippen LogP contribution in [0.15, 0.2) is 12.7 Å². The molecule has 86 valence electrons. The smallest absolute Gasteiger partial charge is 0.0224 e. The van der Waals surface area contributed by atoms with Gasteiger partial charge in [0.15, 0.2) is 0 Å². The van der Waals surface area contributed by atoms with Crippen molar-refractivity contribution in [1.29, 1.82) is 0 Å². The lowest BCUT2D eigenvalue weighted by molar-refractivity contribution is 0.0339. The van der Waals surface area contributed by atoms with Gasteiger partial charge >= 0.3 is 0 Å². The molecule has 2 aliphatic heterocycles. The molecule has 0 aromatic heterocycles. The number of hydrogen-bond donors (Lipinski definition) is 0. The van der Waals surface area contributed by atoms with Crippen LogP contribution in [-0.4, -0.2) is 47.6 Å². The molecule has 0 aromatic carbocycles. The molecule has 3 atom stereocenters. The first-order valence-corrected chi connectivity index (χ1v) is 6.33. The maximum Gasteiger partial charge on any atom is 0.0224 e. The molecule has 0 saturated carbocycles. The van der Waals surface area contributed by atoms with Gasteiger partial charge < -0.3 is 0 Å². The Balaban J connectivity index is 1.97. The molecular weight excluding hydrogens is 184 g/mol. The predicted molar refractivity (Wildman–Crippen MR) is 65.0 cm³/mol. The second-order valence-corrected chi connectivity index (χ2v) is 5.21. The van der Waals surface area contributed by atoms with Gasteiger partial charge in [0.1, 0.15) is 0 Å². The van der Waals surface area contributed by atoms with E-state index in [1.54, 1.807) is 0 Å².